The first-order valence-electron chi connectivity index (χ1n) is 4.93. The van der Waals surface area contributed by atoms with Crippen LogP contribution in [0.5, 0.6) is 0 Å². The van der Waals surface area contributed by atoms with Gasteiger partial charge in [0.15, 0.2) is 0 Å². The fraction of sp³-hybridized carbons (Fsp3) is 0.500. The van der Waals surface area contributed by atoms with Crippen LogP contribution in [0.25, 0.3) is 0 Å². The minimum atomic E-state index is 0.676. The molecule has 2 heterocycles. The maximum Gasteiger partial charge on any atom is 0.0590 e. The minimum absolute atomic E-state index is 0.676. The molecule has 1 aromatic heterocycles. The molecule has 2 aliphatic rings. The van der Waals surface area contributed by atoms with Crippen molar-refractivity contribution in [2.75, 3.05) is 18.4 Å². The first-order chi connectivity index (χ1) is 6.86. The Labute approximate surface area is 91.4 Å². The van der Waals surface area contributed by atoms with E-state index in [9.17, 15) is 0 Å². The Balaban J connectivity index is 1.71. The van der Waals surface area contributed by atoms with E-state index in [1.165, 1.54) is 18.8 Å². The van der Waals surface area contributed by atoms with Gasteiger partial charge in [0.05, 0.1) is 10.2 Å². The van der Waals surface area contributed by atoms with Crippen LogP contribution in [-0.4, -0.2) is 24.1 Å². The lowest BCUT2D eigenvalue weighted by atomic mass is 10.3. The van der Waals surface area contributed by atoms with Crippen molar-refractivity contribution >= 4 is 21.6 Å². The first-order valence-corrected chi connectivity index (χ1v) is 5.72. The van der Waals surface area contributed by atoms with Crippen LogP contribution in [0.3, 0.4) is 0 Å². The lowest BCUT2D eigenvalue weighted by Gasteiger charge is -2.09. The number of piperidine rings is 1. The molecule has 74 valence electrons. The van der Waals surface area contributed by atoms with Gasteiger partial charge in [-0.05, 0) is 33.8 Å². The predicted octanol–water partition coefficient (Wildman–Crippen LogP) is 1.47. The standard InChI is InChI=1S/C10H12BrN3/c11-8-5-12-2-1-9(8)14-10-6-3-13-4-7(6)10/h1-2,5-7,10,13H,3-4H2,(H,12,14). The van der Waals surface area contributed by atoms with Crippen LogP contribution >= 0.6 is 15.9 Å². The highest BCUT2D eigenvalue weighted by molar-refractivity contribution is 9.10. The second-order valence-electron chi connectivity index (χ2n) is 4.01. The normalized spacial score (nSPS) is 33.9. The van der Waals surface area contributed by atoms with Gasteiger partial charge in [-0.25, -0.2) is 0 Å². The highest BCUT2D eigenvalue weighted by Gasteiger charge is 2.52. The molecule has 1 aromatic rings. The molecule has 2 unspecified atom stereocenters. The molecule has 0 radical (unpaired) electrons. The topological polar surface area (TPSA) is 37.0 Å². The van der Waals surface area contributed by atoms with Crippen molar-refractivity contribution in [3.8, 4) is 0 Å². The van der Waals surface area contributed by atoms with Crippen molar-refractivity contribution in [2.24, 2.45) is 11.8 Å². The van der Waals surface area contributed by atoms with Crippen molar-refractivity contribution in [3.05, 3.63) is 22.9 Å². The Hall–Kier alpha value is -0.610. The summed E-state index contributed by atoms with van der Waals surface area (Å²) in [5, 5.41) is 6.95. The quantitative estimate of drug-likeness (QED) is 0.839. The van der Waals surface area contributed by atoms with Gasteiger partial charge in [-0.3, -0.25) is 4.98 Å². The fourth-order valence-corrected chi connectivity index (χ4v) is 2.67. The van der Waals surface area contributed by atoms with Crippen LogP contribution in [0.15, 0.2) is 22.9 Å². The molecule has 1 aliphatic heterocycles. The maximum atomic E-state index is 4.05. The van der Waals surface area contributed by atoms with E-state index in [1.807, 2.05) is 18.5 Å². The summed E-state index contributed by atoms with van der Waals surface area (Å²) >= 11 is 3.49. The zero-order valence-electron chi connectivity index (χ0n) is 7.70. The molecule has 2 atom stereocenters. The van der Waals surface area contributed by atoms with Gasteiger partial charge >= 0.3 is 0 Å². The second-order valence-corrected chi connectivity index (χ2v) is 4.87. The molecule has 1 saturated heterocycles. The highest BCUT2D eigenvalue weighted by atomic mass is 79.9. The molecule has 1 aliphatic carbocycles. The van der Waals surface area contributed by atoms with E-state index in [4.69, 9.17) is 0 Å². The molecule has 2 N–H and O–H groups in total. The number of hydrogen-bond acceptors (Lipinski definition) is 3. The van der Waals surface area contributed by atoms with Crippen molar-refractivity contribution in [3.63, 3.8) is 0 Å². The van der Waals surface area contributed by atoms with Crippen molar-refractivity contribution in [1.82, 2.24) is 10.3 Å². The van der Waals surface area contributed by atoms with E-state index >= 15 is 0 Å². The van der Waals surface area contributed by atoms with Gasteiger partial charge in [-0.2, -0.15) is 0 Å². The van der Waals surface area contributed by atoms with Crippen LogP contribution in [0, 0.1) is 11.8 Å². The summed E-state index contributed by atoms with van der Waals surface area (Å²) < 4.78 is 1.05. The molecule has 2 fully saturated rings. The zero-order valence-corrected chi connectivity index (χ0v) is 9.29. The highest BCUT2D eigenvalue weighted by Crippen LogP contribution is 2.44. The van der Waals surface area contributed by atoms with Crippen molar-refractivity contribution in [2.45, 2.75) is 6.04 Å². The van der Waals surface area contributed by atoms with Crippen LogP contribution in [0.2, 0.25) is 0 Å². The summed E-state index contributed by atoms with van der Waals surface area (Å²) in [7, 11) is 0. The number of nitrogens with one attached hydrogen (secondary N) is 2. The lowest BCUT2D eigenvalue weighted by molar-refractivity contribution is 0.697. The molecule has 14 heavy (non-hydrogen) atoms. The van der Waals surface area contributed by atoms with E-state index in [0.29, 0.717) is 6.04 Å². The molecule has 0 amide bonds. The number of aromatic nitrogens is 1. The van der Waals surface area contributed by atoms with Gasteiger partial charge in [0.1, 0.15) is 0 Å². The molecule has 0 bridgehead atoms. The largest absolute Gasteiger partial charge is 0.381 e. The Bertz CT molecular complexity index is 345. The average molecular weight is 254 g/mol. The molecular weight excluding hydrogens is 242 g/mol. The lowest BCUT2D eigenvalue weighted by Crippen LogP contribution is -2.21. The Morgan fingerprint density at radius 3 is 2.93 bits per heavy atom. The molecule has 3 rings (SSSR count). The number of anilines is 1. The third-order valence-corrected chi connectivity index (χ3v) is 3.82. The summed E-state index contributed by atoms with van der Waals surface area (Å²) in [6.45, 7) is 2.34. The van der Waals surface area contributed by atoms with Gasteiger partial charge in [-0.15, -0.1) is 0 Å². The van der Waals surface area contributed by atoms with E-state index in [1.54, 1.807) is 0 Å². The van der Waals surface area contributed by atoms with Gasteiger partial charge in [-0.1, -0.05) is 0 Å². The number of halogens is 1. The van der Waals surface area contributed by atoms with Crippen LogP contribution in [0.1, 0.15) is 0 Å². The zero-order chi connectivity index (χ0) is 9.54. The number of rotatable bonds is 2. The number of nitrogens with zero attached hydrogens (tertiary/aromatic N) is 1. The average Bonchev–Trinajstić information content (AvgIpc) is 2.64. The van der Waals surface area contributed by atoms with Crippen molar-refractivity contribution in [1.29, 1.82) is 0 Å². The minimum Gasteiger partial charge on any atom is -0.381 e. The van der Waals surface area contributed by atoms with Gasteiger partial charge in [0.25, 0.3) is 0 Å². The summed E-state index contributed by atoms with van der Waals surface area (Å²) in [6, 6.07) is 2.70. The molecule has 0 spiro atoms. The first kappa shape index (κ1) is 8.68. The van der Waals surface area contributed by atoms with E-state index < -0.39 is 0 Å². The van der Waals surface area contributed by atoms with Gasteiger partial charge in [0.2, 0.25) is 0 Å². The van der Waals surface area contributed by atoms with Crippen LogP contribution in [-0.2, 0) is 0 Å². The van der Waals surface area contributed by atoms with E-state index in [-0.39, 0.29) is 0 Å². The second kappa shape index (κ2) is 3.21. The number of pyridine rings is 1. The molecule has 1 saturated carbocycles. The van der Waals surface area contributed by atoms with Crippen LogP contribution < -0.4 is 10.6 Å². The SMILES string of the molecule is Brc1cnccc1NC1C2CNCC21. The number of fused-ring (bicyclic) bond motifs is 1. The monoisotopic (exact) mass is 253 g/mol. The predicted molar refractivity (Wildman–Crippen MR) is 59.2 cm³/mol. The fourth-order valence-electron chi connectivity index (χ4n) is 2.30. The third kappa shape index (κ3) is 1.33. The van der Waals surface area contributed by atoms with Gasteiger partial charge in [0, 0.05) is 31.5 Å². The smallest absolute Gasteiger partial charge is 0.0590 e. The molecular formula is C10H12BrN3. The summed E-state index contributed by atoms with van der Waals surface area (Å²) in [4.78, 5) is 4.05. The Morgan fingerprint density at radius 1 is 1.43 bits per heavy atom. The molecule has 4 heteroatoms. The molecule has 3 nitrogen and oxygen atoms in total. The summed E-state index contributed by atoms with van der Waals surface area (Å²) in [5.41, 5.74) is 1.17. The Morgan fingerprint density at radius 2 is 2.21 bits per heavy atom. The molecule has 0 aromatic carbocycles. The van der Waals surface area contributed by atoms with Gasteiger partial charge < -0.3 is 10.6 Å². The number of hydrogen-bond donors (Lipinski definition) is 2. The summed E-state index contributed by atoms with van der Waals surface area (Å²) in [6.07, 6.45) is 3.66. The van der Waals surface area contributed by atoms with E-state index in [2.05, 4.69) is 31.5 Å². The maximum absolute atomic E-state index is 4.05. The Kier molecular flexibility index (Phi) is 1.99. The van der Waals surface area contributed by atoms with E-state index in [0.717, 1.165) is 16.3 Å². The third-order valence-electron chi connectivity index (χ3n) is 3.19. The van der Waals surface area contributed by atoms with Crippen LogP contribution in [0.4, 0.5) is 5.69 Å². The van der Waals surface area contributed by atoms with Crippen molar-refractivity contribution < 1.29 is 0 Å². The summed E-state index contributed by atoms with van der Waals surface area (Å²) in [5.74, 6) is 1.69.